The van der Waals surface area contributed by atoms with Crippen LogP contribution in [0.4, 0.5) is 5.69 Å². The second kappa shape index (κ2) is 6.44. The summed E-state index contributed by atoms with van der Waals surface area (Å²) in [6, 6.07) is 6.85. The van der Waals surface area contributed by atoms with Gasteiger partial charge in [0, 0.05) is 31.7 Å². The van der Waals surface area contributed by atoms with E-state index >= 15 is 0 Å². The first kappa shape index (κ1) is 15.8. The molecule has 0 saturated carbocycles. The fraction of sp³-hybridized carbons (Fsp3) is 0.500. The summed E-state index contributed by atoms with van der Waals surface area (Å²) in [5.74, 6) is -0.124. The van der Waals surface area contributed by atoms with Gasteiger partial charge in [0.1, 0.15) is 0 Å². The van der Waals surface area contributed by atoms with Crippen molar-refractivity contribution in [3.05, 3.63) is 29.8 Å². The number of amides is 1. The fourth-order valence-corrected chi connectivity index (χ4v) is 4.08. The molecule has 7 heteroatoms. The summed E-state index contributed by atoms with van der Waals surface area (Å²) in [6.45, 7) is 0.796. The smallest absolute Gasteiger partial charge is 0.222 e. The molecule has 0 atom stereocenters. The van der Waals surface area contributed by atoms with Gasteiger partial charge in [-0.2, -0.15) is 0 Å². The van der Waals surface area contributed by atoms with Gasteiger partial charge in [0.2, 0.25) is 15.9 Å². The third-order valence-corrected chi connectivity index (χ3v) is 5.64. The lowest BCUT2D eigenvalue weighted by molar-refractivity contribution is -0.125. The van der Waals surface area contributed by atoms with Gasteiger partial charge in [-0.25, -0.2) is 12.7 Å². The van der Waals surface area contributed by atoms with Gasteiger partial charge in [0.15, 0.2) is 0 Å². The Bertz CT molecular complexity index is 590. The number of nitrogen functional groups attached to an aromatic ring is 1. The lowest BCUT2D eigenvalue weighted by Gasteiger charge is -2.30. The Morgan fingerprint density at radius 1 is 1.29 bits per heavy atom. The fourth-order valence-electron chi connectivity index (χ4n) is 2.52. The predicted octanol–water partition coefficient (Wildman–Crippen LogP) is 0.557. The summed E-state index contributed by atoms with van der Waals surface area (Å²) < 4.78 is 26.2. The highest BCUT2D eigenvalue weighted by molar-refractivity contribution is 7.88. The van der Waals surface area contributed by atoms with Gasteiger partial charge in [-0.1, -0.05) is 12.1 Å². The minimum Gasteiger partial charge on any atom is -0.399 e. The van der Waals surface area contributed by atoms with Crippen LogP contribution in [-0.2, 0) is 20.6 Å². The second-order valence-corrected chi connectivity index (χ2v) is 7.25. The topological polar surface area (TPSA) is 92.5 Å². The average Bonchev–Trinajstić information content (AvgIpc) is 2.49. The maximum Gasteiger partial charge on any atom is 0.222 e. The van der Waals surface area contributed by atoms with Crippen LogP contribution < -0.4 is 11.1 Å². The van der Waals surface area contributed by atoms with Crippen LogP contribution in [0.25, 0.3) is 0 Å². The number of benzene rings is 1. The van der Waals surface area contributed by atoms with Crippen LogP contribution in [0.5, 0.6) is 0 Å². The Labute approximate surface area is 125 Å². The molecule has 2 rings (SSSR count). The average molecular weight is 311 g/mol. The first-order chi connectivity index (χ1) is 9.92. The number of hydrogen-bond acceptors (Lipinski definition) is 4. The predicted molar refractivity (Wildman–Crippen MR) is 81.8 cm³/mol. The SMILES string of the molecule is CNC(=O)C1CCN(S(=O)(=O)Cc2ccc(N)cc2)CC1. The van der Waals surface area contributed by atoms with Gasteiger partial charge in [0.25, 0.3) is 0 Å². The highest BCUT2D eigenvalue weighted by Crippen LogP contribution is 2.22. The quantitative estimate of drug-likeness (QED) is 0.795. The number of nitrogens with zero attached hydrogens (tertiary/aromatic N) is 1. The highest BCUT2D eigenvalue weighted by Gasteiger charge is 2.30. The molecule has 1 heterocycles. The van der Waals surface area contributed by atoms with Gasteiger partial charge in [-0.05, 0) is 30.5 Å². The standard InChI is InChI=1S/C14H21N3O3S/c1-16-14(18)12-6-8-17(9-7-12)21(19,20)10-11-2-4-13(15)5-3-11/h2-5,12H,6-10,15H2,1H3,(H,16,18). The van der Waals surface area contributed by atoms with E-state index in [1.807, 2.05) is 0 Å². The lowest BCUT2D eigenvalue weighted by atomic mass is 9.97. The summed E-state index contributed by atoms with van der Waals surface area (Å²) in [4.78, 5) is 11.6. The monoisotopic (exact) mass is 311 g/mol. The van der Waals surface area contributed by atoms with Gasteiger partial charge < -0.3 is 11.1 Å². The zero-order chi connectivity index (χ0) is 15.5. The van der Waals surface area contributed by atoms with Gasteiger partial charge in [-0.15, -0.1) is 0 Å². The molecule has 0 radical (unpaired) electrons. The maximum atomic E-state index is 12.4. The van der Waals surface area contributed by atoms with E-state index in [4.69, 9.17) is 5.73 Å². The molecule has 1 aliphatic heterocycles. The minimum atomic E-state index is -3.34. The number of hydrogen-bond donors (Lipinski definition) is 2. The van der Waals surface area contributed by atoms with E-state index < -0.39 is 10.0 Å². The third kappa shape index (κ3) is 3.95. The Kier molecular flexibility index (Phi) is 4.84. The van der Waals surface area contributed by atoms with Crippen LogP contribution in [0.3, 0.4) is 0 Å². The zero-order valence-corrected chi connectivity index (χ0v) is 12.9. The van der Waals surface area contributed by atoms with E-state index in [2.05, 4.69) is 5.32 Å². The number of piperidine rings is 1. The minimum absolute atomic E-state index is 0.00872. The van der Waals surface area contributed by atoms with Crippen LogP contribution in [0, 0.1) is 5.92 Å². The largest absolute Gasteiger partial charge is 0.399 e. The van der Waals surface area contributed by atoms with E-state index in [1.165, 1.54) is 4.31 Å². The summed E-state index contributed by atoms with van der Waals surface area (Å²) in [6.07, 6.45) is 1.14. The van der Waals surface area contributed by atoms with Gasteiger partial charge >= 0.3 is 0 Å². The van der Waals surface area contributed by atoms with Crippen LogP contribution in [0.15, 0.2) is 24.3 Å². The summed E-state index contributed by atoms with van der Waals surface area (Å²) in [5.41, 5.74) is 6.93. The van der Waals surface area contributed by atoms with Crippen molar-refractivity contribution in [2.24, 2.45) is 5.92 Å². The number of nitrogens with one attached hydrogen (secondary N) is 1. The molecule has 1 amide bonds. The van der Waals surface area contributed by atoms with Crippen LogP contribution in [-0.4, -0.2) is 38.8 Å². The van der Waals surface area contributed by atoms with Crippen molar-refractivity contribution in [1.82, 2.24) is 9.62 Å². The van der Waals surface area contributed by atoms with Crippen molar-refractivity contribution in [2.45, 2.75) is 18.6 Å². The Morgan fingerprint density at radius 2 is 1.86 bits per heavy atom. The molecule has 0 bridgehead atoms. The summed E-state index contributed by atoms with van der Waals surface area (Å²) in [5, 5.41) is 2.61. The molecule has 0 unspecified atom stereocenters. The third-order valence-electron chi connectivity index (χ3n) is 3.79. The van der Waals surface area contributed by atoms with Gasteiger partial charge in [-0.3, -0.25) is 4.79 Å². The number of sulfonamides is 1. The van der Waals surface area contributed by atoms with E-state index in [1.54, 1.807) is 31.3 Å². The van der Waals surface area contributed by atoms with Crippen LogP contribution in [0.1, 0.15) is 18.4 Å². The van der Waals surface area contributed by atoms with E-state index in [0.29, 0.717) is 31.6 Å². The van der Waals surface area contributed by atoms with E-state index in [-0.39, 0.29) is 17.6 Å². The number of nitrogens with two attached hydrogens (primary N) is 1. The number of carbonyl (C=O) groups is 1. The van der Waals surface area contributed by atoms with Gasteiger partial charge in [0.05, 0.1) is 5.75 Å². The van der Waals surface area contributed by atoms with Crippen molar-refractivity contribution in [1.29, 1.82) is 0 Å². The Morgan fingerprint density at radius 3 is 2.38 bits per heavy atom. The second-order valence-electron chi connectivity index (χ2n) is 5.29. The summed E-state index contributed by atoms with van der Waals surface area (Å²) in [7, 11) is -1.74. The molecule has 3 N–H and O–H groups in total. The Hall–Kier alpha value is -1.60. The molecule has 1 aromatic carbocycles. The Balaban J connectivity index is 1.98. The molecule has 6 nitrogen and oxygen atoms in total. The van der Waals surface area contributed by atoms with E-state index in [9.17, 15) is 13.2 Å². The number of carbonyl (C=O) groups excluding carboxylic acids is 1. The number of anilines is 1. The maximum absolute atomic E-state index is 12.4. The molecule has 116 valence electrons. The van der Waals surface area contributed by atoms with Crippen molar-refractivity contribution >= 4 is 21.6 Å². The molecular formula is C14H21N3O3S. The molecule has 1 fully saturated rings. The zero-order valence-electron chi connectivity index (χ0n) is 12.1. The molecule has 1 saturated heterocycles. The van der Waals surface area contributed by atoms with Crippen LogP contribution >= 0.6 is 0 Å². The van der Waals surface area contributed by atoms with Crippen molar-refractivity contribution in [3.8, 4) is 0 Å². The van der Waals surface area contributed by atoms with Crippen molar-refractivity contribution in [2.75, 3.05) is 25.9 Å². The summed E-state index contributed by atoms with van der Waals surface area (Å²) >= 11 is 0. The first-order valence-corrected chi connectivity index (χ1v) is 8.57. The molecular weight excluding hydrogens is 290 g/mol. The highest BCUT2D eigenvalue weighted by atomic mass is 32.2. The van der Waals surface area contributed by atoms with Crippen molar-refractivity contribution in [3.63, 3.8) is 0 Å². The molecule has 1 aromatic rings. The normalized spacial score (nSPS) is 17.6. The molecule has 1 aliphatic rings. The number of rotatable bonds is 4. The molecule has 0 aromatic heterocycles. The lowest BCUT2D eigenvalue weighted by Crippen LogP contribution is -2.42. The van der Waals surface area contributed by atoms with E-state index in [0.717, 1.165) is 5.56 Å². The molecule has 0 spiro atoms. The van der Waals surface area contributed by atoms with Crippen molar-refractivity contribution < 1.29 is 13.2 Å². The molecule has 0 aliphatic carbocycles. The first-order valence-electron chi connectivity index (χ1n) is 6.96. The molecule has 21 heavy (non-hydrogen) atoms. The van der Waals surface area contributed by atoms with Crippen LogP contribution in [0.2, 0.25) is 0 Å².